The van der Waals surface area contributed by atoms with Gasteiger partial charge in [-0.05, 0) is 55.9 Å². The molecule has 130 valence electrons. The quantitative estimate of drug-likeness (QED) is 0.817. The lowest BCUT2D eigenvalue weighted by Gasteiger charge is -2.33. The van der Waals surface area contributed by atoms with Crippen molar-refractivity contribution < 1.29 is 10.0 Å². The molecule has 0 radical (unpaired) electrons. The van der Waals surface area contributed by atoms with Crippen LogP contribution in [0.4, 0.5) is 0 Å². The molecule has 0 bridgehead atoms. The lowest BCUT2D eigenvalue weighted by molar-refractivity contribution is -0.891. The third-order valence-electron chi connectivity index (χ3n) is 5.94. The van der Waals surface area contributed by atoms with Gasteiger partial charge >= 0.3 is 0 Å². The van der Waals surface area contributed by atoms with Gasteiger partial charge in [0.25, 0.3) is 0 Å². The number of aliphatic hydroxyl groups is 1. The molecule has 1 heterocycles. The van der Waals surface area contributed by atoms with Crippen LogP contribution < -0.4 is 4.90 Å². The van der Waals surface area contributed by atoms with Crippen LogP contribution in [0, 0.1) is 17.8 Å². The Hall–Kier alpha value is -1.30. The highest BCUT2D eigenvalue weighted by molar-refractivity contribution is 5.26. The Morgan fingerprint density at radius 2 is 1.58 bits per heavy atom. The number of benzene rings is 1. The summed E-state index contributed by atoms with van der Waals surface area (Å²) in [5.41, 5.74) is 0.284. The number of hydrogen-bond donors (Lipinski definition) is 2. The summed E-state index contributed by atoms with van der Waals surface area (Å²) in [4.78, 5) is 1.63. The second-order valence-electron chi connectivity index (χ2n) is 7.64. The molecule has 2 aliphatic rings. The van der Waals surface area contributed by atoms with Gasteiger partial charge in [0.05, 0.1) is 13.1 Å². The van der Waals surface area contributed by atoms with E-state index in [0.29, 0.717) is 12.3 Å². The summed E-state index contributed by atoms with van der Waals surface area (Å²) in [5.74, 6) is 7.09. The second-order valence-corrected chi connectivity index (χ2v) is 7.64. The van der Waals surface area contributed by atoms with Gasteiger partial charge in [-0.15, -0.1) is 0 Å². The molecule has 1 aliphatic carbocycles. The van der Waals surface area contributed by atoms with Crippen LogP contribution in [0.5, 0.6) is 0 Å². The van der Waals surface area contributed by atoms with Crippen LogP contribution in [0.15, 0.2) is 30.3 Å². The predicted molar refractivity (Wildman–Crippen MR) is 98.7 cm³/mol. The molecule has 2 fully saturated rings. The molecule has 1 aromatic rings. The Bertz CT molecular complexity index is 544. The Kier molecular flexibility index (Phi) is 6.35. The molecule has 24 heavy (non-hydrogen) atoms. The zero-order valence-electron chi connectivity index (χ0n) is 14.9. The Balaban J connectivity index is 1.65. The molecule has 0 unspecified atom stereocenters. The number of hydrogen-bond acceptors (Lipinski definition) is 1. The molecule has 0 spiro atoms. The first kappa shape index (κ1) is 17.5. The summed E-state index contributed by atoms with van der Waals surface area (Å²) in [7, 11) is 0. The summed E-state index contributed by atoms with van der Waals surface area (Å²) < 4.78 is 0. The first-order chi connectivity index (χ1) is 11.8. The largest absolute Gasteiger partial charge is 0.384 e. The molecule has 1 atom stereocenters. The van der Waals surface area contributed by atoms with Crippen molar-refractivity contribution in [3.63, 3.8) is 0 Å². The minimum atomic E-state index is -0.765. The fraction of sp³-hybridized carbons (Fsp3) is 0.636. The first-order valence-corrected chi connectivity index (χ1v) is 9.86. The van der Waals surface area contributed by atoms with Crippen molar-refractivity contribution in [3.05, 3.63) is 35.9 Å². The Labute approximate surface area is 147 Å². The van der Waals surface area contributed by atoms with Crippen LogP contribution in [0.1, 0.15) is 63.4 Å². The van der Waals surface area contributed by atoms with Crippen LogP contribution in [0.3, 0.4) is 0 Å². The maximum absolute atomic E-state index is 11.5. The zero-order valence-corrected chi connectivity index (χ0v) is 14.9. The van der Waals surface area contributed by atoms with Crippen molar-refractivity contribution in [1.82, 2.24) is 0 Å². The lowest BCUT2D eigenvalue weighted by atomic mass is 9.78. The van der Waals surface area contributed by atoms with Crippen molar-refractivity contribution in [2.45, 2.75) is 63.4 Å². The van der Waals surface area contributed by atoms with Crippen molar-refractivity contribution in [3.8, 4) is 11.8 Å². The topological polar surface area (TPSA) is 24.7 Å². The maximum atomic E-state index is 11.5. The molecule has 1 aliphatic heterocycles. The zero-order chi connectivity index (χ0) is 16.7. The van der Waals surface area contributed by atoms with E-state index < -0.39 is 5.60 Å². The summed E-state index contributed by atoms with van der Waals surface area (Å²) >= 11 is 0. The number of rotatable bonds is 4. The van der Waals surface area contributed by atoms with E-state index in [-0.39, 0.29) is 0 Å². The average Bonchev–Trinajstić information content (AvgIpc) is 3.05. The molecule has 2 nitrogen and oxygen atoms in total. The Morgan fingerprint density at radius 3 is 2.25 bits per heavy atom. The van der Waals surface area contributed by atoms with E-state index >= 15 is 0 Å². The van der Waals surface area contributed by atoms with Gasteiger partial charge in [0.15, 0.2) is 0 Å². The highest BCUT2D eigenvalue weighted by atomic mass is 16.3. The summed E-state index contributed by atoms with van der Waals surface area (Å²) in [6.07, 6.45) is 10.8. The molecule has 0 amide bonds. The normalized spacial score (nSPS) is 22.4. The van der Waals surface area contributed by atoms with Gasteiger partial charge in [-0.2, -0.15) is 0 Å². The second kappa shape index (κ2) is 8.70. The number of quaternary nitrogens is 1. The molecular formula is C22H32NO+. The van der Waals surface area contributed by atoms with Crippen molar-refractivity contribution in [1.29, 1.82) is 0 Å². The van der Waals surface area contributed by atoms with E-state index in [1.807, 2.05) is 18.2 Å². The highest BCUT2D eigenvalue weighted by Crippen LogP contribution is 2.42. The molecule has 1 saturated carbocycles. The SMILES string of the molecule is O[C@](CC#CC[NH+]1CCCCCC1)(c1ccccc1)C1CCCC1. The summed E-state index contributed by atoms with van der Waals surface area (Å²) in [6, 6.07) is 10.2. The molecular weight excluding hydrogens is 294 g/mol. The van der Waals surface area contributed by atoms with Crippen molar-refractivity contribution in [2.24, 2.45) is 5.92 Å². The van der Waals surface area contributed by atoms with Gasteiger partial charge in [0.2, 0.25) is 0 Å². The Morgan fingerprint density at radius 1 is 0.917 bits per heavy atom. The fourth-order valence-corrected chi connectivity index (χ4v) is 4.40. The van der Waals surface area contributed by atoms with Crippen LogP contribution in [-0.4, -0.2) is 24.7 Å². The number of likely N-dealkylation sites (tertiary alicyclic amines) is 1. The monoisotopic (exact) mass is 326 g/mol. The van der Waals surface area contributed by atoms with Gasteiger partial charge in [0.1, 0.15) is 12.1 Å². The van der Waals surface area contributed by atoms with E-state index in [1.54, 1.807) is 4.90 Å². The highest BCUT2D eigenvalue weighted by Gasteiger charge is 2.39. The molecule has 2 N–H and O–H groups in total. The molecule has 1 saturated heterocycles. The standard InChI is InChI=1S/C22H31NO/c24-22(21-14-6-7-15-21,20-12-4-3-5-13-20)16-8-11-19-23-17-9-1-2-10-18-23/h3-5,12-13,21,24H,1-2,6-7,9-10,14-19H2/p+1/t22-/m1/s1. The van der Waals surface area contributed by atoms with Crippen LogP contribution >= 0.6 is 0 Å². The molecule has 0 aromatic heterocycles. The average molecular weight is 327 g/mol. The lowest BCUT2D eigenvalue weighted by Crippen LogP contribution is -3.11. The summed E-state index contributed by atoms with van der Waals surface area (Å²) in [5, 5.41) is 11.5. The minimum Gasteiger partial charge on any atom is -0.384 e. The van der Waals surface area contributed by atoms with Crippen LogP contribution in [0.2, 0.25) is 0 Å². The van der Waals surface area contributed by atoms with E-state index in [2.05, 4.69) is 24.0 Å². The van der Waals surface area contributed by atoms with Gasteiger partial charge < -0.3 is 10.0 Å². The number of nitrogens with one attached hydrogen (secondary N) is 1. The molecule has 3 rings (SSSR count). The van der Waals surface area contributed by atoms with E-state index in [4.69, 9.17) is 0 Å². The predicted octanol–water partition coefficient (Wildman–Crippen LogP) is 2.92. The van der Waals surface area contributed by atoms with E-state index in [0.717, 1.165) is 24.9 Å². The third-order valence-corrected chi connectivity index (χ3v) is 5.94. The minimum absolute atomic E-state index is 0.361. The van der Waals surface area contributed by atoms with Crippen molar-refractivity contribution >= 4 is 0 Å². The van der Waals surface area contributed by atoms with E-state index in [9.17, 15) is 5.11 Å². The van der Waals surface area contributed by atoms with Crippen LogP contribution in [0.25, 0.3) is 0 Å². The smallest absolute Gasteiger partial charge is 0.139 e. The molecule has 1 aromatic carbocycles. The fourth-order valence-electron chi connectivity index (χ4n) is 4.40. The van der Waals surface area contributed by atoms with Gasteiger partial charge in [-0.1, -0.05) is 49.1 Å². The summed E-state index contributed by atoms with van der Waals surface area (Å²) in [6.45, 7) is 3.47. The van der Waals surface area contributed by atoms with Crippen LogP contribution in [-0.2, 0) is 5.60 Å². The van der Waals surface area contributed by atoms with Gasteiger partial charge in [-0.25, -0.2) is 0 Å². The first-order valence-electron chi connectivity index (χ1n) is 9.86. The van der Waals surface area contributed by atoms with Gasteiger partial charge in [0, 0.05) is 6.42 Å². The maximum Gasteiger partial charge on any atom is 0.139 e. The van der Waals surface area contributed by atoms with E-state index in [1.165, 1.54) is 51.6 Å². The van der Waals surface area contributed by atoms with Crippen molar-refractivity contribution in [2.75, 3.05) is 19.6 Å². The third kappa shape index (κ3) is 4.41. The van der Waals surface area contributed by atoms with Gasteiger partial charge in [-0.3, -0.25) is 0 Å². The molecule has 2 heteroatoms.